The van der Waals surface area contributed by atoms with Gasteiger partial charge in [0.05, 0.1) is 12.2 Å². The number of halogens is 1. The largest absolute Gasteiger partial charge is 0.405 e. The van der Waals surface area contributed by atoms with Crippen LogP contribution in [0.2, 0.25) is 5.04 Å². The molecule has 5 rings (SSSR count). The Labute approximate surface area is 218 Å². The first-order valence-electron chi connectivity index (χ1n) is 12.6. The van der Waals surface area contributed by atoms with E-state index in [4.69, 9.17) is 18.6 Å². The molecule has 0 bridgehead atoms. The van der Waals surface area contributed by atoms with Crippen LogP contribution in [-0.4, -0.2) is 49.1 Å². The van der Waals surface area contributed by atoms with E-state index in [1.807, 2.05) is 36.4 Å². The molecule has 3 heterocycles. The van der Waals surface area contributed by atoms with Crippen molar-refractivity contribution in [3.05, 3.63) is 90.5 Å². The second-order valence-corrected chi connectivity index (χ2v) is 15.5. The summed E-state index contributed by atoms with van der Waals surface area (Å²) < 4.78 is 40.2. The molecule has 0 radical (unpaired) electrons. The number of hydrogen-bond donors (Lipinski definition) is 1. The highest BCUT2D eigenvalue weighted by Gasteiger charge is 2.64. The lowest BCUT2D eigenvalue weighted by molar-refractivity contribution is -0.284. The van der Waals surface area contributed by atoms with E-state index in [-0.39, 0.29) is 17.2 Å². The normalized spacial score (nSPS) is 27.3. The lowest BCUT2D eigenvalue weighted by Gasteiger charge is -2.43. The molecular formula is C29H34FNO5Si. The van der Waals surface area contributed by atoms with Crippen molar-refractivity contribution < 1.29 is 28.1 Å². The first-order chi connectivity index (χ1) is 17.5. The summed E-state index contributed by atoms with van der Waals surface area (Å²) in [7, 11) is -2.88. The number of rotatable bonds is 6. The Hall–Kier alpha value is -2.46. The van der Waals surface area contributed by atoms with E-state index in [0.717, 1.165) is 10.4 Å². The Morgan fingerprint density at radius 2 is 1.51 bits per heavy atom. The van der Waals surface area contributed by atoms with Crippen LogP contribution in [0, 0.1) is 5.95 Å². The first kappa shape index (κ1) is 26.2. The third-order valence-electron chi connectivity index (χ3n) is 7.24. The van der Waals surface area contributed by atoms with Crippen molar-refractivity contribution in [3.63, 3.8) is 0 Å². The third kappa shape index (κ3) is 4.45. The van der Waals surface area contributed by atoms with Gasteiger partial charge in [-0.05, 0) is 41.4 Å². The lowest BCUT2D eigenvalue weighted by Crippen LogP contribution is -2.67. The van der Waals surface area contributed by atoms with Gasteiger partial charge in [-0.25, -0.2) is 4.98 Å². The summed E-state index contributed by atoms with van der Waals surface area (Å²) in [5, 5.41) is 13.7. The van der Waals surface area contributed by atoms with Crippen LogP contribution < -0.4 is 10.4 Å². The molecule has 2 fully saturated rings. The van der Waals surface area contributed by atoms with E-state index in [1.165, 1.54) is 12.3 Å². The zero-order valence-corrected chi connectivity index (χ0v) is 22.9. The summed E-state index contributed by atoms with van der Waals surface area (Å²) in [5.74, 6) is -3.87. The second kappa shape index (κ2) is 9.38. The van der Waals surface area contributed by atoms with Crippen LogP contribution in [0.25, 0.3) is 0 Å². The van der Waals surface area contributed by atoms with E-state index >= 15 is 0 Å². The summed E-state index contributed by atoms with van der Waals surface area (Å²) >= 11 is 0. The molecule has 1 N–H and O–H groups in total. The number of aliphatic hydroxyl groups is 1. The van der Waals surface area contributed by atoms with Gasteiger partial charge in [0.25, 0.3) is 8.32 Å². The van der Waals surface area contributed by atoms with Crippen molar-refractivity contribution in [1.82, 2.24) is 4.98 Å². The van der Waals surface area contributed by atoms with E-state index in [1.54, 1.807) is 19.9 Å². The molecule has 2 aliphatic rings. The van der Waals surface area contributed by atoms with Crippen LogP contribution in [0.4, 0.5) is 4.39 Å². The summed E-state index contributed by atoms with van der Waals surface area (Å²) in [6, 6.07) is 23.6. The van der Waals surface area contributed by atoms with Gasteiger partial charge in [-0.2, -0.15) is 4.39 Å². The van der Waals surface area contributed by atoms with E-state index < -0.39 is 44.2 Å². The average Bonchev–Trinajstić information content (AvgIpc) is 3.32. The molecular weight excluding hydrogens is 489 g/mol. The highest BCUT2D eigenvalue weighted by molar-refractivity contribution is 6.99. The zero-order chi connectivity index (χ0) is 26.5. The van der Waals surface area contributed by atoms with Crippen molar-refractivity contribution in [2.24, 2.45) is 0 Å². The van der Waals surface area contributed by atoms with Crippen LogP contribution in [0.5, 0.6) is 0 Å². The maximum absolute atomic E-state index is 14.8. The molecule has 0 aliphatic carbocycles. The van der Waals surface area contributed by atoms with Crippen molar-refractivity contribution >= 4 is 18.7 Å². The first-order valence-corrected chi connectivity index (χ1v) is 14.5. The summed E-state index contributed by atoms with van der Waals surface area (Å²) in [5.41, 5.74) is -0.0840. The predicted molar refractivity (Wildman–Crippen MR) is 140 cm³/mol. The number of pyridine rings is 1. The molecule has 0 saturated carbocycles. The van der Waals surface area contributed by atoms with Gasteiger partial charge >= 0.3 is 0 Å². The van der Waals surface area contributed by atoms with Crippen molar-refractivity contribution in [3.8, 4) is 0 Å². The smallest absolute Gasteiger partial charge is 0.261 e. The standard InChI is InChI=1S/C29H34FNO5Si/c1-27(2,3)37(20-13-8-6-9-14-20,21-15-10-7-11-16-21)33-19-23-24-25(36-28(4,5)35-24)29(32,34-23)22-17-12-18-31-26(22)30/h6-18,23-25,32H,19H2,1-5H3/t23-,24-,25-,29+/m1/s1. The van der Waals surface area contributed by atoms with Gasteiger partial charge in [-0.15, -0.1) is 0 Å². The van der Waals surface area contributed by atoms with Gasteiger partial charge in [0.2, 0.25) is 11.7 Å². The van der Waals surface area contributed by atoms with Crippen LogP contribution in [-0.2, 0) is 24.4 Å². The molecule has 196 valence electrons. The molecule has 2 aliphatic heterocycles. The minimum atomic E-state index is -2.88. The van der Waals surface area contributed by atoms with Gasteiger partial charge in [-0.3, -0.25) is 0 Å². The van der Waals surface area contributed by atoms with Crippen molar-refractivity contribution in [1.29, 1.82) is 0 Å². The van der Waals surface area contributed by atoms with E-state index in [2.05, 4.69) is 50.0 Å². The SMILES string of the molecule is CC1(C)O[C@H]2[C@@H](O1)[C@](O)(c1cccnc1F)O[C@@H]2CO[Si](c1ccccc1)(c1ccccc1)C(C)(C)C. The van der Waals surface area contributed by atoms with Crippen LogP contribution in [0.1, 0.15) is 40.2 Å². The number of hydrogen-bond acceptors (Lipinski definition) is 6. The Morgan fingerprint density at radius 3 is 2.05 bits per heavy atom. The van der Waals surface area contributed by atoms with Gasteiger partial charge in [-0.1, -0.05) is 81.4 Å². The average molecular weight is 524 g/mol. The van der Waals surface area contributed by atoms with Gasteiger partial charge in [0.15, 0.2) is 5.79 Å². The fourth-order valence-corrected chi connectivity index (χ4v) is 10.3. The number of benzene rings is 2. The number of nitrogens with zero attached hydrogens (tertiary/aromatic N) is 1. The Balaban J connectivity index is 1.55. The summed E-state index contributed by atoms with van der Waals surface area (Å²) in [4.78, 5) is 3.71. The predicted octanol–water partition coefficient (Wildman–Crippen LogP) is 3.86. The van der Waals surface area contributed by atoms with E-state index in [9.17, 15) is 9.50 Å². The molecule has 6 nitrogen and oxygen atoms in total. The Kier molecular flexibility index (Phi) is 6.63. The molecule has 0 spiro atoms. The molecule has 37 heavy (non-hydrogen) atoms. The highest BCUT2D eigenvalue weighted by Crippen LogP contribution is 2.48. The van der Waals surface area contributed by atoms with Crippen molar-refractivity contribution in [2.45, 2.75) is 69.5 Å². The number of aromatic nitrogens is 1. The second-order valence-electron chi connectivity index (χ2n) is 11.2. The van der Waals surface area contributed by atoms with Crippen LogP contribution >= 0.6 is 0 Å². The molecule has 0 amide bonds. The maximum Gasteiger partial charge on any atom is 0.261 e. The molecule has 8 heteroatoms. The summed E-state index contributed by atoms with van der Waals surface area (Å²) in [6.45, 7) is 10.2. The Bertz CT molecular complexity index is 1200. The fraction of sp³-hybridized carbons (Fsp3) is 0.414. The minimum absolute atomic E-state index is 0.0840. The minimum Gasteiger partial charge on any atom is -0.405 e. The summed E-state index contributed by atoms with van der Waals surface area (Å²) in [6.07, 6.45) is -1.00. The molecule has 1 aromatic heterocycles. The van der Waals surface area contributed by atoms with Gasteiger partial charge in [0, 0.05) is 6.20 Å². The maximum atomic E-state index is 14.8. The Morgan fingerprint density at radius 1 is 0.919 bits per heavy atom. The third-order valence-corrected chi connectivity index (χ3v) is 12.2. The molecule has 2 saturated heterocycles. The van der Waals surface area contributed by atoms with Crippen LogP contribution in [0.3, 0.4) is 0 Å². The highest BCUT2D eigenvalue weighted by atomic mass is 28.4. The topological polar surface area (TPSA) is 70.0 Å². The number of fused-ring (bicyclic) bond motifs is 1. The quantitative estimate of drug-likeness (QED) is 0.391. The van der Waals surface area contributed by atoms with Crippen LogP contribution in [0.15, 0.2) is 79.0 Å². The van der Waals surface area contributed by atoms with E-state index in [0.29, 0.717) is 0 Å². The molecule has 4 atom stereocenters. The monoisotopic (exact) mass is 523 g/mol. The molecule has 0 unspecified atom stereocenters. The van der Waals surface area contributed by atoms with Gasteiger partial charge in [0.1, 0.15) is 18.3 Å². The zero-order valence-electron chi connectivity index (χ0n) is 21.9. The molecule has 3 aromatic rings. The number of ether oxygens (including phenoxy) is 3. The fourth-order valence-electron chi connectivity index (χ4n) is 5.70. The van der Waals surface area contributed by atoms with Crippen molar-refractivity contribution in [2.75, 3.05) is 6.61 Å². The lowest BCUT2D eigenvalue weighted by atomic mass is 9.99. The van der Waals surface area contributed by atoms with Gasteiger partial charge < -0.3 is 23.7 Å². The molecule has 2 aromatic carbocycles.